The highest BCUT2D eigenvalue weighted by Gasteiger charge is 1.93. The van der Waals surface area contributed by atoms with Crippen LogP contribution in [0, 0.1) is 0 Å². The number of hydrogen-bond donors (Lipinski definition) is 1. The molecule has 5 heteroatoms. The fraction of sp³-hybridized carbons (Fsp3) is 0.182. The molecule has 0 spiro atoms. The zero-order valence-electron chi connectivity index (χ0n) is 15.5. The monoisotopic (exact) mass is 365 g/mol. The zero-order valence-corrected chi connectivity index (χ0v) is 15.5. The van der Waals surface area contributed by atoms with E-state index < -0.39 is 0 Å². The Labute approximate surface area is 157 Å². The molecule has 0 amide bonds. The molecule has 5 nitrogen and oxygen atoms in total. The number of hydrogen-bond acceptors (Lipinski definition) is 5. The first-order chi connectivity index (χ1) is 13.1. The van der Waals surface area contributed by atoms with Crippen LogP contribution >= 0.6 is 0 Å². The summed E-state index contributed by atoms with van der Waals surface area (Å²) >= 11 is 0. The average Bonchev–Trinajstić information content (AvgIpc) is 2.69. The lowest BCUT2D eigenvalue weighted by atomic mass is 10.2. The van der Waals surface area contributed by atoms with E-state index in [4.69, 9.17) is 8.83 Å². The molecule has 1 N–H and O–H groups in total. The van der Waals surface area contributed by atoms with Crippen molar-refractivity contribution in [1.82, 2.24) is 5.32 Å². The van der Waals surface area contributed by atoms with E-state index in [0.717, 1.165) is 23.9 Å². The van der Waals surface area contributed by atoms with Crippen LogP contribution in [0.15, 0.2) is 91.2 Å². The second kappa shape index (κ2) is 10.7. The molecule has 0 fully saturated rings. The Morgan fingerprint density at radius 1 is 0.630 bits per heavy atom. The van der Waals surface area contributed by atoms with Crippen molar-refractivity contribution in [3.63, 3.8) is 0 Å². The topological polar surface area (TPSA) is 72.5 Å². The quantitative estimate of drug-likeness (QED) is 0.539. The molecule has 0 atom stereocenters. The second-order valence-corrected chi connectivity index (χ2v) is 5.54. The molecule has 0 radical (unpaired) electrons. The molecule has 4 aromatic rings. The molecule has 0 aliphatic rings. The number of para-hydroxylation sites is 2. The molecular formula is C22H23NO4. The van der Waals surface area contributed by atoms with Crippen LogP contribution in [0.4, 0.5) is 0 Å². The number of nitrogens with one attached hydrogen (secondary N) is 1. The van der Waals surface area contributed by atoms with E-state index in [1.165, 1.54) is 12.1 Å². The van der Waals surface area contributed by atoms with Crippen LogP contribution in [0.25, 0.3) is 21.9 Å². The summed E-state index contributed by atoms with van der Waals surface area (Å²) in [6.07, 6.45) is 0. The molecule has 4 rings (SSSR count). The smallest absolute Gasteiger partial charge is 0.336 e. The minimum atomic E-state index is -0.302. The first-order valence-electron chi connectivity index (χ1n) is 8.82. The maximum absolute atomic E-state index is 10.7. The molecule has 27 heavy (non-hydrogen) atoms. The third kappa shape index (κ3) is 6.56. The van der Waals surface area contributed by atoms with Crippen molar-refractivity contribution in [3.8, 4) is 0 Å². The summed E-state index contributed by atoms with van der Waals surface area (Å²) in [5.74, 6) is 0. The fourth-order valence-corrected chi connectivity index (χ4v) is 2.27. The SMILES string of the molecule is CCNCC.O=c1ccc2ccccc2o1.O=c1ccc2ccccc2o1. The van der Waals surface area contributed by atoms with Crippen molar-refractivity contribution in [3.05, 3.63) is 93.6 Å². The molecule has 0 unspecified atom stereocenters. The van der Waals surface area contributed by atoms with Gasteiger partial charge >= 0.3 is 11.3 Å². The molecule has 0 saturated heterocycles. The highest BCUT2D eigenvalue weighted by atomic mass is 16.4. The molecule has 0 saturated carbocycles. The summed E-state index contributed by atoms with van der Waals surface area (Å²) in [6, 6.07) is 21.2. The predicted octanol–water partition coefficient (Wildman–Crippen LogP) is 4.20. The van der Waals surface area contributed by atoms with Gasteiger partial charge in [-0.1, -0.05) is 50.2 Å². The third-order valence-corrected chi connectivity index (χ3v) is 3.56. The van der Waals surface area contributed by atoms with Gasteiger partial charge in [-0.25, -0.2) is 9.59 Å². The molecule has 0 aliphatic carbocycles. The molecule has 0 aliphatic heterocycles. The molecule has 2 aromatic carbocycles. The van der Waals surface area contributed by atoms with Crippen molar-refractivity contribution in [2.75, 3.05) is 13.1 Å². The summed E-state index contributed by atoms with van der Waals surface area (Å²) in [4.78, 5) is 21.4. The van der Waals surface area contributed by atoms with Crippen LogP contribution in [0.5, 0.6) is 0 Å². The molecule has 0 bridgehead atoms. The Bertz CT molecular complexity index is 995. The molecule has 2 aromatic heterocycles. The third-order valence-electron chi connectivity index (χ3n) is 3.56. The first-order valence-corrected chi connectivity index (χ1v) is 8.82. The average molecular weight is 365 g/mol. The van der Waals surface area contributed by atoms with E-state index in [1.807, 2.05) is 36.4 Å². The maximum Gasteiger partial charge on any atom is 0.336 e. The lowest BCUT2D eigenvalue weighted by Crippen LogP contribution is -2.09. The lowest BCUT2D eigenvalue weighted by molar-refractivity contribution is 0.560. The van der Waals surface area contributed by atoms with E-state index in [2.05, 4.69) is 19.2 Å². The van der Waals surface area contributed by atoms with Crippen LogP contribution in [-0.2, 0) is 0 Å². The van der Waals surface area contributed by atoms with Gasteiger partial charge in [0.25, 0.3) is 0 Å². The van der Waals surface area contributed by atoms with Gasteiger partial charge in [0, 0.05) is 22.9 Å². The Morgan fingerprint density at radius 3 is 1.41 bits per heavy atom. The molecule has 2 heterocycles. The van der Waals surface area contributed by atoms with E-state index in [1.54, 1.807) is 24.3 Å². The van der Waals surface area contributed by atoms with E-state index in [0.29, 0.717) is 11.2 Å². The summed E-state index contributed by atoms with van der Waals surface area (Å²) in [6.45, 7) is 6.39. The minimum absolute atomic E-state index is 0.302. The van der Waals surface area contributed by atoms with Crippen LogP contribution in [0.1, 0.15) is 13.8 Å². The van der Waals surface area contributed by atoms with Gasteiger partial charge in [-0.3, -0.25) is 0 Å². The van der Waals surface area contributed by atoms with Crippen molar-refractivity contribution in [2.24, 2.45) is 0 Å². The van der Waals surface area contributed by atoms with Crippen LogP contribution in [0.3, 0.4) is 0 Å². The van der Waals surface area contributed by atoms with Gasteiger partial charge in [-0.2, -0.15) is 0 Å². The van der Waals surface area contributed by atoms with Gasteiger partial charge in [0.15, 0.2) is 0 Å². The number of fused-ring (bicyclic) bond motifs is 2. The standard InChI is InChI=1S/2C9H6O2.C4H11N/c2*10-9-6-5-7-3-1-2-4-8(7)11-9;1-3-5-4-2/h2*1-6H;5H,3-4H2,1-2H3. The zero-order chi connectivity index (χ0) is 19.5. The van der Waals surface area contributed by atoms with Gasteiger partial charge in [0.1, 0.15) is 11.2 Å². The Morgan fingerprint density at radius 2 is 1.04 bits per heavy atom. The lowest BCUT2D eigenvalue weighted by Gasteiger charge is -1.91. The van der Waals surface area contributed by atoms with Gasteiger partial charge in [0.05, 0.1) is 0 Å². The van der Waals surface area contributed by atoms with E-state index in [-0.39, 0.29) is 11.3 Å². The van der Waals surface area contributed by atoms with E-state index in [9.17, 15) is 9.59 Å². The Kier molecular flexibility index (Phi) is 8.00. The highest BCUT2D eigenvalue weighted by molar-refractivity contribution is 5.76. The minimum Gasteiger partial charge on any atom is -0.423 e. The van der Waals surface area contributed by atoms with Gasteiger partial charge < -0.3 is 14.2 Å². The largest absolute Gasteiger partial charge is 0.423 e. The predicted molar refractivity (Wildman–Crippen MR) is 109 cm³/mol. The van der Waals surface area contributed by atoms with Crippen molar-refractivity contribution >= 4 is 21.9 Å². The van der Waals surface area contributed by atoms with Crippen LogP contribution < -0.4 is 16.6 Å². The summed E-state index contributed by atoms with van der Waals surface area (Å²) in [7, 11) is 0. The fourth-order valence-electron chi connectivity index (χ4n) is 2.27. The van der Waals surface area contributed by atoms with Crippen molar-refractivity contribution in [2.45, 2.75) is 13.8 Å². The Hall–Kier alpha value is -3.18. The second-order valence-electron chi connectivity index (χ2n) is 5.54. The highest BCUT2D eigenvalue weighted by Crippen LogP contribution is 2.09. The molecular weight excluding hydrogens is 342 g/mol. The number of benzene rings is 2. The maximum atomic E-state index is 10.7. The number of rotatable bonds is 2. The van der Waals surface area contributed by atoms with Crippen molar-refractivity contribution in [1.29, 1.82) is 0 Å². The van der Waals surface area contributed by atoms with E-state index >= 15 is 0 Å². The normalized spacial score (nSPS) is 9.85. The van der Waals surface area contributed by atoms with Gasteiger partial charge in [0.2, 0.25) is 0 Å². The summed E-state index contributed by atoms with van der Waals surface area (Å²) in [5, 5.41) is 5.01. The van der Waals surface area contributed by atoms with Gasteiger partial charge in [-0.15, -0.1) is 0 Å². The molecule has 140 valence electrons. The first kappa shape index (κ1) is 20.1. The Balaban J connectivity index is 0.000000157. The van der Waals surface area contributed by atoms with Crippen molar-refractivity contribution < 1.29 is 8.83 Å². The van der Waals surface area contributed by atoms with Crippen LogP contribution in [-0.4, -0.2) is 13.1 Å². The van der Waals surface area contributed by atoms with Crippen LogP contribution in [0.2, 0.25) is 0 Å². The summed E-state index contributed by atoms with van der Waals surface area (Å²) in [5.41, 5.74) is 0.674. The van der Waals surface area contributed by atoms with Gasteiger partial charge in [-0.05, 0) is 37.4 Å². The summed E-state index contributed by atoms with van der Waals surface area (Å²) < 4.78 is 9.81.